The summed E-state index contributed by atoms with van der Waals surface area (Å²) in [6, 6.07) is 8.47. The van der Waals surface area contributed by atoms with Gasteiger partial charge in [0.2, 0.25) is 0 Å². The van der Waals surface area contributed by atoms with E-state index in [0.717, 1.165) is 24.3 Å². The van der Waals surface area contributed by atoms with Crippen LogP contribution in [-0.2, 0) is 12.4 Å². The van der Waals surface area contributed by atoms with Gasteiger partial charge in [-0.3, -0.25) is 4.79 Å². The molecule has 0 saturated carbocycles. The molecule has 0 radical (unpaired) electrons. The highest BCUT2D eigenvalue weighted by Gasteiger charge is 2.39. The van der Waals surface area contributed by atoms with E-state index < -0.39 is 40.3 Å². The van der Waals surface area contributed by atoms with Gasteiger partial charge >= 0.3 is 12.4 Å². The minimum Gasteiger partial charge on any atom is -0.372 e. The first-order valence-electron chi connectivity index (χ1n) is 10.0. The Labute approximate surface area is 186 Å². The molecule has 1 amide bonds. The lowest BCUT2D eigenvalue weighted by Crippen LogP contribution is -2.31. The maximum absolute atomic E-state index is 13.2. The van der Waals surface area contributed by atoms with Gasteiger partial charge in [0.1, 0.15) is 5.37 Å². The Kier molecular flexibility index (Phi) is 7.02. The molecule has 3 nitrogen and oxygen atoms in total. The van der Waals surface area contributed by atoms with Crippen molar-refractivity contribution >= 4 is 23.4 Å². The summed E-state index contributed by atoms with van der Waals surface area (Å²) in [7, 11) is 0. The minimum absolute atomic E-state index is 0.0267. The zero-order chi connectivity index (χ0) is 23.7. The highest BCUT2D eigenvalue weighted by Crippen LogP contribution is 2.41. The van der Waals surface area contributed by atoms with Crippen LogP contribution in [0.5, 0.6) is 0 Å². The zero-order valence-corrected chi connectivity index (χ0v) is 18.2. The maximum atomic E-state index is 13.2. The quantitative estimate of drug-likeness (QED) is 0.463. The maximum Gasteiger partial charge on any atom is 0.416 e. The fourth-order valence-electron chi connectivity index (χ4n) is 3.64. The summed E-state index contributed by atoms with van der Waals surface area (Å²) in [4.78, 5) is 16.5. The van der Waals surface area contributed by atoms with Gasteiger partial charge < -0.3 is 9.80 Å². The molecule has 1 unspecified atom stereocenters. The average Bonchev–Trinajstić information content (AvgIpc) is 3.23. The third-order valence-electron chi connectivity index (χ3n) is 5.29. The lowest BCUT2D eigenvalue weighted by molar-refractivity contribution is -0.143. The lowest BCUT2D eigenvalue weighted by Gasteiger charge is -2.26. The van der Waals surface area contributed by atoms with Gasteiger partial charge in [0, 0.05) is 36.6 Å². The van der Waals surface area contributed by atoms with E-state index in [1.54, 1.807) is 0 Å². The lowest BCUT2D eigenvalue weighted by atomic mass is 10.0. The van der Waals surface area contributed by atoms with E-state index in [1.165, 1.54) is 16.7 Å². The molecule has 0 bridgehead atoms. The molecule has 2 aromatic carbocycles. The van der Waals surface area contributed by atoms with E-state index in [4.69, 9.17) is 0 Å². The first kappa shape index (κ1) is 24.3. The molecule has 1 atom stereocenters. The van der Waals surface area contributed by atoms with E-state index >= 15 is 0 Å². The van der Waals surface area contributed by atoms with Gasteiger partial charge in [0.15, 0.2) is 0 Å². The molecule has 3 rings (SSSR count). The number of alkyl halides is 6. The van der Waals surface area contributed by atoms with Gasteiger partial charge in [-0.2, -0.15) is 26.3 Å². The van der Waals surface area contributed by atoms with Gasteiger partial charge in [-0.25, -0.2) is 0 Å². The van der Waals surface area contributed by atoms with Gasteiger partial charge in [-0.05, 0) is 49.7 Å². The standard InChI is InChI=1S/C22H22F6N2OS/c1-3-29(4-2)18-7-5-14(6-8-18)20-30(9-10-32-20)19(31)15-11-16(21(23,24)25)13-17(12-15)22(26,27)28/h5-8,11-13,20H,3-4,9-10H2,1-2H3. The number of hydrogen-bond donors (Lipinski definition) is 0. The summed E-state index contributed by atoms with van der Waals surface area (Å²) in [5.41, 5.74) is -1.86. The minimum atomic E-state index is -5.00. The molecule has 1 fully saturated rings. The molecule has 0 aliphatic carbocycles. The molecule has 0 N–H and O–H groups in total. The van der Waals surface area contributed by atoms with E-state index in [1.807, 2.05) is 38.1 Å². The molecular formula is C22H22F6N2OS. The molecule has 1 heterocycles. The molecule has 0 spiro atoms. The molecule has 32 heavy (non-hydrogen) atoms. The normalized spacial score (nSPS) is 17.0. The van der Waals surface area contributed by atoms with Crippen molar-refractivity contribution in [3.8, 4) is 0 Å². The SMILES string of the molecule is CCN(CC)c1ccc(C2SCCN2C(=O)c2cc(C(F)(F)F)cc(C(F)(F)F)c2)cc1. The van der Waals surface area contributed by atoms with Crippen LogP contribution in [0.4, 0.5) is 32.0 Å². The second kappa shape index (κ2) is 9.25. The van der Waals surface area contributed by atoms with E-state index in [2.05, 4.69) is 4.90 Å². The summed E-state index contributed by atoms with van der Waals surface area (Å²) in [6.45, 7) is 5.90. The fourth-order valence-corrected chi connectivity index (χ4v) is 4.89. The number of benzene rings is 2. The first-order valence-corrected chi connectivity index (χ1v) is 11.1. The Balaban J connectivity index is 1.93. The number of halogens is 6. The third kappa shape index (κ3) is 5.16. The fraction of sp³-hybridized carbons (Fsp3) is 0.409. The summed E-state index contributed by atoms with van der Waals surface area (Å²) < 4.78 is 79.1. The second-order valence-electron chi connectivity index (χ2n) is 7.28. The van der Waals surface area contributed by atoms with Crippen molar-refractivity contribution < 1.29 is 31.1 Å². The van der Waals surface area contributed by atoms with Gasteiger partial charge in [-0.1, -0.05) is 12.1 Å². The Morgan fingerprint density at radius 1 is 0.969 bits per heavy atom. The number of nitrogens with zero attached hydrogens (tertiary/aromatic N) is 2. The molecule has 1 aliphatic heterocycles. The number of rotatable bonds is 5. The van der Waals surface area contributed by atoms with Crippen molar-refractivity contribution in [1.29, 1.82) is 0 Å². The van der Waals surface area contributed by atoms with Crippen molar-refractivity contribution in [1.82, 2.24) is 4.90 Å². The second-order valence-corrected chi connectivity index (χ2v) is 8.47. The molecule has 0 aromatic heterocycles. The zero-order valence-electron chi connectivity index (χ0n) is 17.4. The number of hydrogen-bond acceptors (Lipinski definition) is 3. The predicted octanol–water partition coefficient (Wildman–Crippen LogP) is 6.46. The van der Waals surface area contributed by atoms with Crippen LogP contribution >= 0.6 is 11.8 Å². The number of thioether (sulfide) groups is 1. The van der Waals surface area contributed by atoms with Crippen molar-refractivity contribution in [3.63, 3.8) is 0 Å². The van der Waals surface area contributed by atoms with Crippen LogP contribution in [0, 0.1) is 0 Å². The predicted molar refractivity (Wildman–Crippen MR) is 113 cm³/mol. The summed E-state index contributed by atoms with van der Waals surface area (Å²) in [5, 5.41) is -0.489. The van der Waals surface area contributed by atoms with Crippen LogP contribution in [0.15, 0.2) is 42.5 Å². The largest absolute Gasteiger partial charge is 0.416 e. The first-order chi connectivity index (χ1) is 15.0. The van der Waals surface area contributed by atoms with Crippen LogP contribution in [0.1, 0.15) is 46.3 Å². The van der Waals surface area contributed by atoms with Crippen LogP contribution in [0.2, 0.25) is 0 Å². The Hall–Kier alpha value is -2.36. The number of carbonyl (C=O) groups is 1. The van der Waals surface area contributed by atoms with Crippen molar-refractivity contribution in [2.75, 3.05) is 30.3 Å². The summed E-state index contributed by atoms with van der Waals surface area (Å²) >= 11 is 1.42. The number of anilines is 1. The van der Waals surface area contributed by atoms with Gasteiger partial charge in [-0.15, -0.1) is 11.8 Å². The van der Waals surface area contributed by atoms with Crippen molar-refractivity contribution in [2.45, 2.75) is 31.6 Å². The molecule has 174 valence electrons. The van der Waals surface area contributed by atoms with Crippen LogP contribution in [0.3, 0.4) is 0 Å². The van der Waals surface area contributed by atoms with Crippen molar-refractivity contribution in [3.05, 3.63) is 64.7 Å². The number of amides is 1. The van der Waals surface area contributed by atoms with Gasteiger partial charge in [0.25, 0.3) is 5.91 Å². The topological polar surface area (TPSA) is 23.6 Å². The average molecular weight is 476 g/mol. The molecular weight excluding hydrogens is 454 g/mol. The smallest absolute Gasteiger partial charge is 0.372 e. The summed E-state index contributed by atoms with van der Waals surface area (Å²) in [6.07, 6.45) is -10.0. The van der Waals surface area contributed by atoms with E-state index in [0.29, 0.717) is 17.9 Å². The summed E-state index contributed by atoms with van der Waals surface area (Å²) in [5.74, 6) is -0.330. The van der Waals surface area contributed by atoms with Crippen LogP contribution in [0.25, 0.3) is 0 Å². The Bertz CT molecular complexity index is 922. The molecule has 10 heteroatoms. The molecule has 2 aromatic rings. The van der Waals surface area contributed by atoms with E-state index in [9.17, 15) is 31.1 Å². The monoisotopic (exact) mass is 476 g/mol. The van der Waals surface area contributed by atoms with Crippen molar-refractivity contribution in [2.24, 2.45) is 0 Å². The molecule has 1 saturated heterocycles. The number of carbonyl (C=O) groups excluding carboxylic acids is 1. The van der Waals surface area contributed by atoms with E-state index in [-0.39, 0.29) is 12.6 Å². The highest BCUT2D eigenvalue weighted by atomic mass is 32.2. The Morgan fingerprint density at radius 3 is 1.97 bits per heavy atom. The Morgan fingerprint density at radius 2 is 1.50 bits per heavy atom. The van der Waals surface area contributed by atoms with Crippen LogP contribution in [-0.4, -0.2) is 36.2 Å². The highest BCUT2D eigenvalue weighted by molar-refractivity contribution is 7.99. The van der Waals surface area contributed by atoms with Crippen LogP contribution < -0.4 is 4.90 Å². The molecule has 1 aliphatic rings. The third-order valence-corrected chi connectivity index (χ3v) is 6.55. The van der Waals surface area contributed by atoms with Gasteiger partial charge in [0.05, 0.1) is 11.1 Å².